The minimum absolute atomic E-state index is 0.356. The Hall–Kier alpha value is -0.380. The van der Waals surface area contributed by atoms with Gasteiger partial charge in [0.25, 0.3) is 0 Å². The summed E-state index contributed by atoms with van der Waals surface area (Å²) in [6.07, 6.45) is 5.57. The molecule has 0 spiro atoms. The van der Waals surface area contributed by atoms with Crippen molar-refractivity contribution in [2.24, 2.45) is 17.1 Å². The van der Waals surface area contributed by atoms with Crippen molar-refractivity contribution in [3.05, 3.63) is 12.7 Å². The highest BCUT2D eigenvalue weighted by molar-refractivity contribution is 4.77. The van der Waals surface area contributed by atoms with Crippen LogP contribution in [0.2, 0.25) is 0 Å². The summed E-state index contributed by atoms with van der Waals surface area (Å²) in [7, 11) is 1.75. The van der Waals surface area contributed by atoms with Crippen LogP contribution in [0.25, 0.3) is 0 Å². The Balaban J connectivity index is 4.08. The lowest BCUT2D eigenvalue weighted by Gasteiger charge is -2.31. The molecule has 0 aliphatic rings. The Morgan fingerprint density at radius 3 is 2.42 bits per heavy atom. The standard InChI is InChI=1S/C16H34N2O/c1-6-11-18(13-14-19-5)12-7-8-15(9-10-17)16(2,3)4/h6,15H,1,7-14,17H2,2-5H3. The molecule has 0 fully saturated rings. The van der Waals surface area contributed by atoms with E-state index in [0.717, 1.165) is 39.2 Å². The van der Waals surface area contributed by atoms with Crippen molar-refractivity contribution in [3.8, 4) is 0 Å². The van der Waals surface area contributed by atoms with Crippen LogP contribution >= 0.6 is 0 Å². The fourth-order valence-corrected chi connectivity index (χ4v) is 2.47. The van der Waals surface area contributed by atoms with E-state index >= 15 is 0 Å². The molecular formula is C16H34N2O. The van der Waals surface area contributed by atoms with Gasteiger partial charge in [0, 0.05) is 20.2 Å². The predicted octanol–water partition coefficient (Wildman–Crippen LogP) is 2.91. The molecule has 0 aliphatic carbocycles. The number of hydrogen-bond donors (Lipinski definition) is 1. The molecule has 2 N–H and O–H groups in total. The van der Waals surface area contributed by atoms with Crippen LogP contribution in [0.5, 0.6) is 0 Å². The van der Waals surface area contributed by atoms with Gasteiger partial charge in [0.05, 0.1) is 6.61 Å². The first-order chi connectivity index (χ1) is 8.95. The normalized spacial score (nSPS) is 13.8. The number of nitrogens with two attached hydrogens (primary N) is 1. The zero-order valence-electron chi connectivity index (χ0n) is 13.5. The van der Waals surface area contributed by atoms with Crippen molar-refractivity contribution in [2.75, 3.05) is 39.9 Å². The molecule has 114 valence electrons. The third-order valence-corrected chi connectivity index (χ3v) is 3.77. The molecule has 0 aromatic rings. The van der Waals surface area contributed by atoms with Gasteiger partial charge in [-0.2, -0.15) is 0 Å². The first-order valence-electron chi connectivity index (χ1n) is 7.48. The lowest BCUT2D eigenvalue weighted by atomic mass is 9.76. The molecule has 1 unspecified atom stereocenters. The zero-order valence-corrected chi connectivity index (χ0v) is 13.5. The average Bonchev–Trinajstić information content (AvgIpc) is 2.33. The third kappa shape index (κ3) is 9.20. The molecular weight excluding hydrogens is 236 g/mol. The van der Waals surface area contributed by atoms with E-state index in [1.807, 2.05) is 6.08 Å². The molecule has 3 heteroatoms. The molecule has 0 bridgehead atoms. The van der Waals surface area contributed by atoms with Crippen LogP contribution in [-0.4, -0.2) is 44.8 Å². The first kappa shape index (κ1) is 18.6. The summed E-state index contributed by atoms with van der Waals surface area (Å²) in [4.78, 5) is 2.40. The fraction of sp³-hybridized carbons (Fsp3) is 0.875. The molecule has 0 saturated carbocycles. The smallest absolute Gasteiger partial charge is 0.0589 e. The summed E-state index contributed by atoms with van der Waals surface area (Å²) in [5.41, 5.74) is 6.09. The molecule has 1 atom stereocenters. The second-order valence-electron chi connectivity index (χ2n) is 6.36. The van der Waals surface area contributed by atoms with E-state index < -0.39 is 0 Å². The second-order valence-corrected chi connectivity index (χ2v) is 6.36. The summed E-state index contributed by atoms with van der Waals surface area (Å²) >= 11 is 0. The maximum Gasteiger partial charge on any atom is 0.0589 e. The van der Waals surface area contributed by atoms with Crippen LogP contribution in [0.1, 0.15) is 40.0 Å². The van der Waals surface area contributed by atoms with Gasteiger partial charge < -0.3 is 10.5 Å². The van der Waals surface area contributed by atoms with Crippen LogP contribution in [0.4, 0.5) is 0 Å². The molecule has 0 heterocycles. The Labute approximate surface area is 120 Å². The lowest BCUT2D eigenvalue weighted by Crippen LogP contribution is -2.30. The van der Waals surface area contributed by atoms with Gasteiger partial charge in [0.2, 0.25) is 0 Å². The highest BCUT2D eigenvalue weighted by Gasteiger charge is 2.23. The van der Waals surface area contributed by atoms with Gasteiger partial charge in [-0.05, 0) is 43.7 Å². The van der Waals surface area contributed by atoms with E-state index in [-0.39, 0.29) is 0 Å². The SMILES string of the molecule is C=CCN(CCCC(CCN)C(C)(C)C)CCOC. The monoisotopic (exact) mass is 270 g/mol. The largest absolute Gasteiger partial charge is 0.383 e. The molecule has 19 heavy (non-hydrogen) atoms. The van der Waals surface area contributed by atoms with Gasteiger partial charge in [-0.15, -0.1) is 6.58 Å². The van der Waals surface area contributed by atoms with E-state index in [9.17, 15) is 0 Å². The van der Waals surface area contributed by atoms with Gasteiger partial charge in [0.15, 0.2) is 0 Å². The second kappa shape index (κ2) is 10.4. The van der Waals surface area contributed by atoms with Crippen LogP contribution in [-0.2, 0) is 4.74 Å². The van der Waals surface area contributed by atoms with Crippen molar-refractivity contribution in [1.29, 1.82) is 0 Å². The first-order valence-corrected chi connectivity index (χ1v) is 7.48. The summed E-state index contributed by atoms with van der Waals surface area (Å²) < 4.78 is 5.15. The molecule has 0 saturated heterocycles. The van der Waals surface area contributed by atoms with Crippen LogP contribution in [0, 0.1) is 11.3 Å². The summed E-state index contributed by atoms with van der Waals surface area (Å²) in [6, 6.07) is 0. The van der Waals surface area contributed by atoms with Crippen LogP contribution in [0.15, 0.2) is 12.7 Å². The minimum atomic E-state index is 0.356. The van der Waals surface area contributed by atoms with Gasteiger partial charge in [0.1, 0.15) is 0 Å². The fourth-order valence-electron chi connectivity index (χ4n) is 2.47. The van der Waals surface area contributed by atoms with E-state index in [1.165, 1.54) is 12.8 Å². The Morgan fingerprint density at radius 2 is 1.95 bits per heavy atom. The number of rotatable bonds is 11. The number of nitrogens with zero attached hydrogens (tertiary/aromatic N) is 1. The van der Waals surface area contributed by atoms with Gasteiger partial charge in [-0.3, -0.25) is 4.90 Å². The average molecular weight is 270 g/mol. The topological polar surface area (TPSA) is 38.5 Å². The zero-order chi connectivity index (χ0) is 14.7. The number of methoxy groups -OCH3 is 1. The van der Waals surface area contributed by atoms with E-state index in [2.05, 4.69) is 32.3 Å². The Bertz CT molecular complexity index is 223. The molecule has 3 nitrogen and oxygen atoms in total. The van der Waals surface area contributed by atoms with Gasteiger partial charge >= 0.3 is 0 Å². The highest BCUT2D eigenvalue weighted by atomic mass is 16.5. The van der Waals surface area contributed by atoms with Crippen molar-refractivity contribution >= 4 is 0 Å². The molecule has 0 rings (SSSR count). The van der Waals surface area contributed by atoms with E-state index in [4.69, 9.17) is 10.5 Å². The van der Waals surface area contributed by atoms with Crippen LogP contribution in [0.3, 0.4) is 0 Å². The number of ether oxygens (including phenoxy) is 1. The quantitative estimate of drug-likeness (QED) is 0.587. The summed E-state index contributed by atoms with van der Waals surface area (Å²) in [5, 5.41) is 0. The van der Waals surface area contributed by atoms with Crippen molar-refractivity contribution in [2.45, 2.75) is 40.0 Å². The van der Waals surface area contributed by atoms with Crippen molar-refractivity contribution < 1.29 is 4.74 Å². The van der Waals surface area contributed by atoms with Gasteiger partial charge in [-0.1, -0.05) is 26.8 Å². The molecule has 0 radical (unpaired) electrons. The molecule has 0 amide bonds. The third-order valence-electron chi connectivity index (χ3n) is 3.77. The number of hydrogen-bond acceptors (Lipinski definition) is 3. The molecule has 0 aromatic heterocycles. The predicted molar refractivity (Wildman–Crippen MR) is 84.4 cm³/mol. The maximum atomic E-state index is 5.73. The van der Waals surface area contributed by atoms with Crippen molar-refractivity contribution in [1.82, 2.24) is 4.90 Å². The summed E-state index contributed by atoms with van der Waals surface area (Å²) in [6.45, 7) is 15.4. The summed E-state index contributed by atoms with van der Waals surface area (Å²) in [5.74, 6) is 0.713. The highest BCUT2D eigenvalue weighted by Crippen LogP contribution is 2.32. The van der Waals surface area contributed by atoms with Crippen LogP contribution < -0.4 is 5.73 Å². The Morgan fingerprint density at radius 1 is 1.26 bits per heavy atom. The maximum absolute atomic E-state index is 5.73. The molecule has 0 aliphatic heterocycles. The van der Waals surface area contributed by atoms with Gasteiger partial charge in [-0.25, -0.2) is 0 Å². The lowest BCUT2D eigenvalue weighted by molar-refractivity contribution is 0.147. The Kier molecular flexibility index (Phi) is 10.2. The van der Waals surface area contributed by atoms with E-state index in [0.29, 0.717) is 11.3 Å². The molecule has 0 aromatic carbocycles. The minimum Gasteiger partial charge on any atom is -0.383 e. The van der Waals surface area contributed by atoms with Crippen molar-refractivity contribution in [3.63, 3.8) is 0 Å². The van der Waals surface area contributed by atoms with E-state index in [1.54, 1.807) is 7.11 Å².